The van der Waals surface area contributed by atoms with E-state index in [1.165, 1.54) is 0 Å². The zero-order chi connectivity index (χ0) is 10.3. The predicted molar refractivity (Wildman–Crippen MR) is 51.1 cm³/mol. The summed E-state index contributed by atoms with van der Waals surface area (Å²) in [6.07, 6.45) is 1.70. The molecule has 0 unspecified atom stereocenters. The molecule has 0 atom stereocenters. The van der Waals surface area contributed by atoms with Crippen LogP contribution in [0.2, 0.25) is 0 Å². The summed E-state index contributed by atoms with van der Waals surface area (Å²) >= 11 is 3.05. The molecule has 1 aromatic carbocycles. The maximum Gasteiger partial charge on any atom is 0.167 e. The Morgan fingerprint density at radius 3 is 2.43 bits per heavy atom. The van der Waals surface area contributed by atoms with E-state index in [9.17, 15) is 13.6 Å². The number of hydrogen-bond acceptors (Lipinski definition) is 1. The molecule has 0 radical (unpaired) electrons. The van der Waals surface area contributed by atoms with Gasteiger partial charge in [0.15, 0.2) is 17.4 Å². The van der Waals surface area contributed by atoms with Gasteiger partial charge < -0.3 is 0 Å². The van der Waals surface area contributed by atoms with E-state index in [-0.39, 0.29) is 17.3 Å². The molecule has 1 aromatic rings. The third kappa shape index (κ3) is 1.71. The molecule has 0 heterocycles. The van der Waals surface area contributed by atoms with Gasteiger partial charge in [-0.2, -0.15) is 0 Å². The zero-order valence-corrected chi connectivity index (χ0v) is 8.77. The van der Waals surface area contributed by atoms with Crippen LogP contribution < -0.4 is 0 Å². The van der Waals surface area contributed by atoms with Gasteiger partial charge in [0, 0.05) is 16.0 Å². The number of halogens is 3. The van der Waals surface area contributed by atoms with E-state index in [0.717, 1.165) is 25.0 Å². The first-order chi connectivity index (χ1) is 6.59. The average molecular weight is 261 g/mol. The van der Waals surface area contributed by atoms with Gasteiger partial charge in [0.25, 0.3) is 0 Å². The Balaban J connectivity index is 2.41. The summed E-state index contributed by atoms with van der Waals surface area (Å²) < 4.78 is 25.9. The van der Waals surface area contributed by atoms with Crippen molar-refractivity contribution in [2.75, 3.05) is 0 Å². The number of ketones is 1. The molecule has 1 nitrogen and oxygen atoms in total. The minimum absolute atomic E-state index is 0.0103. The monoisotopic (exact) mass is 260 g/mol. The molecule has 74 valence electrons. The number of carbonyl (C=O) groups is 1. The number of carbonyl (C=O) groups excluding carboxylic acids is 1. The molecule has 1 saturated carbocycles. The first-order valence-electron chi connectivity index (χ1n) is 4.28. The molecule has 1 fully saturated rings. The second-order valence-electron chi connectivity index (χ2n) is 3.38. The van der Waals surface area contributed by atoms with Crippen LogP contribution >= 0.6 is 15.9 Å². The summed E-state index contributed by atoms with van der Waals surface area (Å²) in [4.78, 5) is 11.6. The van der Waals surface area contributed by atoms with E-state index in [4.69, 9.17) is 0 Å². The number of Topliss-reactive ketones (excluding diaryl/α,β-unsaturated/α-hetero) is 1. The molecule has 0 N–H and O–H groups in total. The fourth-order valence-corrected chi connectivity index (χ4v) is 1.79. The van der Waals surface area contributed by atoms with Crippen LogP contribution in [-0.4, -0.2) is 5.78 Å². The molecule has 0 saturated heterocycles. The van der Waals surface area contributed by atoms with Crippen molar-refractivity contribution in [2.45, 2.75) is 12.8 Å². The highest BCUT2D eigenvalue weighted by Crippen LogP contribution is 2.35. The first kappa shape index (κ1) is 9.77. The van der Waals surface area contributed by atoms with E-state index in [1.54, 1.807) is 0 Å². The molecule has 4 heteroatoms. The Labute approximate surface area is 88.2 Å². The van der Waals surface area contributed by atoms with E-state index in [1.807, 2.05) is 0 Å². The van der Waals surface area contributed by atoms with Crippen LogP contribution in [-0.2, 0) is 0 Å². The Morgan fingerprint density at radius 2 is 1.86 bits per heavy atom. The van der Waals surface area contributed by atoms with Gasteiger partial charge in [-0.15, -0.1) is 0 Å². The maximum absolute atomic E-state index is 12.9. The van der Waals surface area contributed by atoms with Gasteiger partial charge in [-0.3, -0.25) is 4.79 Å². The van der Waals surface area contributed by atoms with Crippen LogP contribution in [0.5, 0.6) is 0 Å². The summed E-state index contributed by atoms with van der Waals surface area (Å²) in [5, 5.41) is 0. The van der Waals surface area contributed by atoms with Crippen LogP contribution in [0.4, 0.5) is 8.78 Å². The van der Waals surface area contributed by atoms with Crippen LogP contribution in [0.25, 0.3) is 0 Å². The van der Waals surface area contributed by atoms with E-state index in [2.05, 4.69) is 15.9 Å². The molecule has 2 rings (SSSR count). The topological polar surface area (TPSA) is 17.1 Å². The average Bonchev–Trinajstić information content (AvgIpc) is 2.93. The van der Waals surface area contributed by atoms with Crippen LogP contribution in [0.3, 0.4) is 0 Å². The second-order valence-corrected chi connectivity index (χ2v) is 4.24. The standard InChI is InChI=1S/C10H7BrF2O/c11-7-4-9(13)8(12)3-6(7)10(14)5-1-2-5/h3-5H,1-2H2. The van der Waals surface area contributed by atoms with Gasteiger partial charge in [0.05, 0.1) is 0 Å². The molecule has 0 aliphatic heterocycles. The lowest BCUT2D eigenvalue weighted by molar-refractivity contribution is 0.0966. The third-order valence-electron chi connectivity index (χ3n) is 2.22. The lowest BCUT2D eigenvalue weighted by atomic mass is 10.1. The third-order valence-corrected chi connectivity index (χ3v) is 2.88. The quantitative estimate of drug-likeness (QED) is 0.589. The first-order valence-corrected chi connectivity index (χ1v) is 5.07. The summed E-state index contributed by atoms with van der Waals surface area (Å²) in [7, 11) is 0. The predicted octanol–water partition coefficient (Wildman–Crippen LogP) is 3.32. The van der Waals surface area contributed by atoms with Crippen molar-refractivity contribution in [3.63, 3.8) is 0 Å². The number of benzene rings is 1. The highest BCUT2D eigenvalue weighted by Gasteiger charge is 2.32. The fraction of sp³-hybridized carbons (Fsp3) is 0.300. The van der Waals surface area contributed by atoms with Gasteiger partial charge in [-0.1, -0.05) is 0 Å². The Kier molecular flexibility index (Phi) is 2.39. The van der Waals surface area contributed by atoms with Crippen molar-refractivity contribution >= 4 is 21.7 Å². The lowest BCUT2D eigenvalue weighted by Crippen LogP contribution is -2.04. The molecular weight excluding hydrogens is 254 g/mol. The van der Waals surface area contributed by atoms with Crippen LogP contribution in [0.1, 0.15) is 23.2 Å². The van der Waals surface area contributed by atoms with Crippen molar-refractivity contribution in [2.24, 2.45) is 5.92 Å². The molecule has 14 heavy (non-hydrogen) atoms. The van der Waals surface area contributed by atoms with Gasteiger partial charge >= 0.3 is 0 Å². The zero-order valence-electron chi connectivity index (χ0n) is 7.19. The summed E-state index contributed by atoms with van der Waals surface area (Å²) in [5.74, 6) is -2.01. The summed E-state index contributed by atoms with van der Waals surface area (Å²) in [5.41, 5.74) is 0.242. The fourth-order valence-electron chi connectivity index (χ4n) is 1.28. The highest BCUT2D eigenvalue weighted by molar-refractivity contribution is 9.10. The summed E-state index contributed by atoms with van der Waals surface area (Å²) in [6, 6.07) is 1.95. The van der Waals surface area contributed by atoms with Crippen molar-refractivity contribution in [3.05, 3.63) is 33.8 Å². The molecule has 1 aliphatic carbocycles. The van der Waals surface area contributed by atoms with Crippen molar-refractivity contribution in [1.82, 2.24) is 0 Å². The van der Waals surface area contributed by atoms with Crippen LogP contribution in [0, 0.1) is 17.6 Å². The SMILES string of the molecule is O=C(c1cc(F)c(F)cc1Br)C1CC1. The van der Waals surface area contributed by atoms with Gasteiger partial charge in [-0.25, -0.2) is 8.78 Å². The smallest absolute Gasteiger partial charge is 0.167 e. The van der Waals surface area contributed by atoms with E-state index in [0.29, 0.717) is 4.47 Å². The highest BCUT2D eigenvalue weighted by atomic mass is 79.9. The second kappa shape index (κ2) is 3.42. The molecule has 0 amide bonds. The normalized spacial score (nSPS) is 15.6. The van der Waals surface area contributed by atoms with Crippen molar-refractivity contribution in [1.29, 1.82) is 0 Å². The Hall–Kier alpha value is -0.770. The number of rotatable bonds is 2. The molecule has 0 spiro atoms. The molecule has 0 bridgehead atoms. The summed E-state index contributed by atoms with van der Waals surface area (Å²) in [6.45, 7) is 0. The van der Waals surface area contributed by atoms with E-state index >= 15 is 0 Å². The Bertz CT molecular complexity index is 399. The number of hydrogen-bond donors (Lipinski definition) is 0. The van der Waals surface area contributed by atoms with Gasteiger partial charge in [0.2, 0.25) is 0 Å². The molecular formula is C10H7BrF2O. The molecule has 0 aromatic heterocycles. The van der Waals surface area contributed by atoms with Crippen LogP contribution in [0.15, 0.2) is 16.6 Å². The molecule has 1 aliphatic rings. The van der Waals surface area contributed by atoms with Gasteiger partial charge in [0.1, 0.15) is 0 Å². The minimum atomic E-state index is -0.975. The van der Waals surface area contributed by atoms with Crippen molar-refractivity contribution in [3.8, 4) is 0 Å². The minimum Gasteiger partial charge on any atom is -0.294 e. The maximum atomic E-state index is 12.9. The Morgan fingerprint density at radius 1 is 1.29 bits per heavy atom. The van der Waals surface area contributed by atoms with Crippen molar-refractivity contribution < 1.29 is 13.6 Å². The van der Waals surface area contributed by atoms with E-state index < -0.39 is 11.6 Å². The largest absolute Gasteiger partial charge is 0.294 e. The van der Waals surface area contributed by atoms with Gasteiger partial charge in [-0.05, 0) is 40.9 Å². The lowest BCUT2D eigenvalue weighted by Gasteiger charge is -2.03.